The molecule has 1 N–H and O–H groups in total. The zero-order chi connectivity index (χ0) is 12.6. The molecule has 0 saturated heterocycles. The van der Waals surface area contributed by atoms with E-state index in [0.29, 0.717) is 0 Å². The Hall–Kier alpha value is -1.88. The van der Waals surface area contributed by atoms with Crippen molar-refractivity contribution in [2.45, 2.75) is 6.92 Å². The van der Waals surface area contributed by atoms with Crippen LogP contribution in [-0.4, -0.2) is 9.55 Å². The van der Waals surface area contributed by atoms with E-state index in [2.05, 4.69) is 4.98 Å². The topological polar surface area (TPSA) is 54.9 Å². The summed E-state index contributed by atoms with van der Waals surface area (Å²) in [5, 5.41) is -0.0346. The lowest BCUT2D eigenvalue weighted by Gasteiger charge is -2.07. The van der Waals surface area contributed by atoms with Gasteiger partial charge in [0, 0.05) is 0 Å². The molecule has 0 fully saturated rings. The smallest absolute Gasteiger partial charge is 0.297 e. The quantitative estimate of drug-likeness (QED) is 0.787. The van der Waals surface area contributed by atoms with Crippen molar-refractivity contribution in [3.8, 4) is 5.69 Å². The molecular weight excluding hydrogens is 247 g/mol. The lowest BCUT2D eigenvalue weighted by Crippen LogP contribution is -2.35. The van der Waals surface area contributed by atoms with Crippen LogP contribution in [0.2, 0.25) is 5.15 Å². The van der Waals surface area contributed by atoms with Gasteiger partial charge < -0.3 is 0 Å². The fourth-order valence-electron chi connectivity index (χ4n) is 1.45. The molecule has 2 aromatic rings. The molecule has 0 atom stereocenters. The molecule has 0 unspecified atom stereocenters. The first-order valence-corrected chi connectivity index (χ1v) is 5.16. The van der Waals surface area contributed by atoms with Crippen molar-refractivity contribution < 1.29 is 4.39 Å². The van der Waals surface area contributed by atoms with Gasteiger partial charge in [-0.1, -0.05) is 23.7 Å². The number of rotatable bonds is 1. The molecule has 0 aliphatic rings. The van der Waals surface area contributed by atoms with E-state index >= 15 is 0 Å². The average Bonchev–Trinajstić information content (AvgIpc) is 2.29. The minimum atomic E-state index is -0.768. The van der Waals surface area contributed by atoms with Crippen LogP contribution in [0.1, 0.15) is 5.56 Å². The van der Waals surface area contributed by atoms with E-state index in [1.807, 2.05) is 0 Å². The summed E-state index contributed by atoms with van der Waals surface area (Å²) in [6.45, 7) is 1.46. The van der Waals surface area contributed by atoms with Crippen LogP contribution in [0.4, 0.5) is 4.39 Å². The van der Waals surface area contributed by atoms with Gasteiger partial charge in [-0.25, -0.2) is 13.8 Å². The molecule has 1 heterocycles. The van der Waals surface area contributed by atoms with Gasteiger partial charge >= 0.3 is 5.69 Å². The van der Waals surface area contributed by atoms with Crippen molar-refractivity contribution >= 4 is 11.6 Å². The standard InChI is InChI=1S/C11H8ClFN2O2/c1-6-9(12)14-11(17)15(10(6)16)8-5-3-2-4-7(8)13/h2-5H,1H3,(H,14,17). The van der Waals surface area contributed by atoms with E-state index in [9.17, 15) is 14.0 Å². The molecule has 88 valence electrons. The third kappa shape index (κ3) is 1.89. The summed E-state index contributed by atoms with van der Waals surface area (Å²) in [5.41, 5.74) is -1.34. The summed E-state index contributed by atoms with van der Waals surface area (Å²) in [5.74, 6) is -0.651. The van der Waals surface area contributed by atoms with E-state index in [-0.39, 0.29) is 16.4 Å². The Morgan fingerprint density at radius 2 is 1.94 bits per heavy atom. The Labute approximate surface area is 100 Å². The third-order valence-electron chi connectivity index (χ3n) is 2.37. The summed E-state index contributed by atoms with van der Waals surface area (Å²) < 4.78 is 14.2. The van der Waals surface area contributed by atoms with Gasteiger partial charge in [-0.05, 0) is 19.1 Å². The number of benzene rings is 1. The van der Waals surface area contributed by atoms with Gasteiger partial charge in [-0.2, -0.15) is 0 Å². The number of halogens is 2. The summed E-state index contributed by atoms with van der Waals surface area (Å²) in [7, 11) is 0. The van der Waals surface area contributed by atoms with Crippen molar-refractivity contribution in [1.82, 2.24) is 9.55 Å². The van der Waals surface area contributed by atoms with Crippen LogP contribution in [0.3, 0.4) is 0 Å². The maximum absolute atomic E-state index is 13.5. The van der Waals surface area contributed by atoms with Crippen LogP contribution in [0.5, 0.6) is 0 Å². The molecule has 1 aromatic heterocycles. The molecule has 0 saturated carbocycles. The van der Waals surface area contributed by atoms with Gasteiger partial charge in [0.15, 0.2) is 0 Å². The SMILES string of the molecule is Cc1c(Cl)[nH]c(=O)n(-c2ccccc2F)c1=O. The van der Waals surface area contributed by atoms with Crippen molar-refractivity contribution in [2.75, 3.05) is 0 Å². The number of aromatic nitrogens is 2. The molecule has 6 heteroatoms. The second kappa shape index (κ2) is 4.18. The van der Waals surface area contributed by atoms with Gasteiger partial charge in [0.1, 0.15) is 11.0 Å². The Balaban J connectivity index is 2.87. The Kier molecular flexibility index (Phi) is 2.85. The maximum atomic E-state index is 13.5. The third-order valence-corrected chi connectivity index (χ3v) is 2.74. The van der Waals surface area contributed by atoms with Crippen LogP contribution < -0.4 is 11.2 Å². The Morgan fingerprint density at radius 3 is 2.59 bits per heavy atom. The van der Waals surface area contributed by atoms with Gasteiger partial charge in [0.05, 0.1) is 11.3 Å². The predicted octanol–water partition coefficient (Wildman–Crippen LogP) is 1.63. The summed E-state index contributed by atoms with van der Waals surface area (Å²) in [6.07, 6.45) is 0. The normalized spacial score (nSPS) is 10.5. The monoisotopic (exact) mass is 254 g/mol. The molecule has 0 bridgehead atoms. The maximum Gasteiger partial charge on any atom is 0.334 e. The molecule has 0 aliphatic carbocycles. The van der Waals surface area contributed by atoms with Gasteiger partial charge in [-0.15, -0.1) is 0 Å². The number of nitrogens with zero attached hydrogens (tertiary/aromatic N) is 1. The first-order chi connectivity index (χ1) is 8.02. The number of hydrogen-bond acceptors (Lipinski definition) is 2. The van der Waals surface area contributed by atoms with Crippen LogP contribution in [-0.2, 0) is 0 Å². The van der Waals surface area contributed by atoms with Crippen molar-refractivity contribution in [1.29, 1.82) is 0 Å². The van der Waals surface area contributed by atoms with Crippen LogP contribution in [0.15, 0.2) is 33.9 Å². The Bertz CT molecular complexity index is 691. The van der Waals surface area contributed by atoms with Crippen molar-refractivity contribution in [2.24, 2.45) is 0 Å². The molecule has 0 aliphatic heterocycles. The van der Waals surface area contributed by atoms with E-state index in [1.54, 1.807) is 0 Å². The predicted molar refractivity (Wildman–Crippen MR) is 62.4 cm³/mol. The second-order valence-corrected chi connectivity index (χ2v) is 3.84. The summed E-state index contributed by atoms with van der Waals surface area (Å²) in [6, 6.07) is 5.53. The van der Waals surface area contributed by atoms with Gasteiger partial charge in [0.25, 0.3) is 5.56 Å². The Morgan fingerprint density at radius 1 is 1.29 bits per heavy atom. The average molecular weight is 255 g/mol. The highest BCUT2D eigenvalue weighted by Gasteiger charge is 2.13. The summed E-state index contributed by atoms with van der Waals surface area (Å²) in [4.78, 5) is 25.8. The zero-order valence-electron chi connectivity index (χ0n) is 8.83. The van der Waals surface area contributed by atoms with Gasteiger partial charge in [-0.3, -0.25) is 9.78 Å². The van der Waals surface area contributed by atoms with Crippen LogP contribution in [0.25, 0.3) is 5.69 Å². The molecule has 17 heavy (non-hydrogen) atoms. The zero-order valence-corrected chi connectivity index (χ0v) is 9.58. The highest BCUT2D eigenvalue weighted by Crippen LogP contribution is 2.10. The van der Waals surface area contributed by atoms with Crippen molar-refractivity contribution in [3.05, 3.63) is 61.6 Å². The first-order valence-electron chi connectivity index (χ1n) is 4.78. The molecule has 0 spiro atoms. The number of hydrogen-bond donors (Lipinski definition) is 1. The molecule has 4 nitrogen and oxygen atoms in total. The largest absolute Gasteiger partial charge is 0.334 e. The summed E-state index contributed by atoms with van der Waals surface area (Å²) >= 11 is 5.66. The van der Waals surface area contributed by atoms with Crippen LogP contribution >= 0.6 is 11.6 Å². The number of H-pyrrole nitrogens is 1. The van der Waals surface area contributed by atoms with E-state index in [4.69, 9.17) is 11.6 Å². The highest BCUT2D eigenvalue weighted by atomic mass is 35.5. The van der Waals surface area contributed by atoms with E-state index in [1.165, 1.54) is 31.2 Å². The number of para-hydroxylation sites is 1. The fraction of sp³-hybridized carbons (Fsp3) is 0.0909. The molecule has 2 rings (SSSR count). The minimum Gasteiger partial charge on any atom is -0.297 e. The molecular formula is C11H8ClFN2O2. The van der Waals surface area contributed by atoms with E-state index < -0.39 is 17.1 Å². The molecule has 0 radical (unpaired) electrons. The lowest BCUT2D eigenvalue weighted by atomic mass is 10.3. The van der Waals surface area contributed by atoms with Crippen molar-refractivity contribution in [3.63, 3.8) is 0 Å². The number of aromatic amines is 1. The second-order valence-electron chi connectivity index (χ2n) is 3.46. The van der Waals surface area contributed by atoms with Gasteiger partial charge in [0.2, 0.25) is 0 Å². The minimum absolute atomic E-state index is 0.0346. The molecule has 1 aromatic carbocycles. The fourth-order valence-corrected chi connectivity index (χ4v) is 1.61. The number of nitrogens with one attached hydrogen (secondary N) is 1. The van der Waals surface area contributed by atoms with E-state index in [0.717, 1.165) is 4.57 Å². The lowest BCUT2D eigenvalue weighted by molar-refractivity contribution is 0.612. The first kappa shape index (κ1) is 11.6. The highest BCUT2D eigenvalue weighted by molar-refractivity contribution is 6.30. The molecule has 0 amide bonds. The van der Waals surface area contributed by atoms with Crippen LogP contribution in [0, 0.1) is 12.7 Å².